The molecule has 21 heavy (non-hydrogen) atoms. The fourth-order valence-electron chi connectivity index (χ4n) is 2.87. The summed E-state index contributed by atoms with van der Waals surface area (Å²) in [6.45, 7) is 8.39. The van der Waals surface area contributed by atoms with E-state index in [9.17, 15) is 8.78 Å². The third-order valence-electron chi connectivity index (χ3n) is 4.58. The Morgan fingerprint density at radius 1 is 1.38 bits per heavy atom. The molecule has 1 aromatic carbocycles. The van der Waals surface area contributed by atoms with Gasteiger partial charge in [0.15, 0.2) is 0 Å². The Hall–Kier alpha value is -0.520. The third kappa shape index (κ3) is 3.63. The summed E-state index contributed by atoms with van der Waals surface area (Å²) in [4.78, 5) is 2.20. The van der Waals surface area contributed by atoms with Crippen LogP contribution in [0.1, 0.15) is 39.2 Å². The third-order valence-corrected chi connectivity index (χ3v) is 5.20. The zero-order valence-corrected chi connectivity index (χ0v) is 14.4. The molecule has 1 N–H and O–H groups in total. The lowest BCUT2D eigenvalue weighted by atomic mass is 9.92. The van der Waals surface area contributed by atoms with Crippen molar-refractivity contribution < 1.29 is 8.78 Å². The highest BCUT2D eigenvalue weighted by Gasteiger charge is 2.34. The van der Waals surface area contributed by atoms with Crippen molar-refractivity contribution in [2.75, 3.05) is 13.1 Å². The number of piperazine rings is 1. The van der Waals surface area contributed by atoms with Crippen molar-refractivity contribution in [2.45, 2.75) is 51.7 Å². The second kappa shape index (κ2) is 6.71. The molecular formula is C16H23BrF2N2. The predicted octanol–water partition coefficient (Wildman–Crippen LogP) is 4.08. The normalized spacial score (nSPS) is 27.0. The Morgan fingerprint density at radius 3 is 2.71 bits per heavy atom. The van der Waals surface area contributed by atoms with Gasteiger partial charge < -0.3 is 5.32 Å². The first-order valence-electron chi connectivity index (χ1n) is 7.51. The Labute approximate surface area is 134 Å². The van der Waals surface area contributed by atoms with Crippen LogP contribution in [0.5, 0.6) is 0 Å². The summed E-state index contributed by atoms with van der Waals surface area (Å²) in [6, 6.07) is 3.05. The van der Waals surface area contributed by atoms with Gasteiger partial charge >= 0.3 is 0 Å². The number of nitrogens with one attached hydrogen (secondary N) is 1. The van der Waals surface area contributed by atoms with Crippen molar-refractivity contribution >= 4 is 15.9 Å². The zero-order valence-electron chi connectivity index (χ0n) is 12.8. The maximum absolute atomic E-state index is 14.2. The molecule has 2 unspecified atom stereocenters. The van der Waals surface area contributed by atoms with Crippen LogP contribution >= 0.6 is 15.9 Å². The minimum absolute atomic E-state index is 0.00460. The lowest BCUT2D eigenvalue weighted by Gasteiger charge is -2.46. The van der Waals surface area contributed by atoms with Crippen LogP contribution in [0.15, 0.2) is 16.6 Å². The second-order valence-corrected chi connectivity index (χ2v) is 6.94. The Morgan fingerprint density at radius 2 is 2.10 bits per heavy atom. The van der Waals surface area contributed by atoms with E-state index in [0.29, 0.717) is 17.1 Å². The number of hydrogen-bond acceptors (Lipinski definition) is 2. The monoisotopic (exact) mass is 360 g/mol. The SMILES string of the molecule is CCC1CNC(C)(CC)CN1Cc1c(F)ccc(Br)c1F. The first kappa shape index (κ1) is 16.8. The fourth-order valence-corrected chi connectivity index (χ4v) is 3.24. The van der Waals surface area contributed by atoms with Gasteiger partial charge in [-0.05, 0) is 47.8 Å². The molecule has 0 aromatic heterocycles. The van der Waals surface area contributed by atoms with E-state index in [1.54, 1.807) is 0 Å². The molecule has 0 saturated carbocycles. The van der Waals surface area contributed by atoms with Crippen LogP contribution in [0, 0.1) is 11.6 Å². The molecule has 0 radical (unpaired) electrons. The maximum Gasteiger partial charge on any atom is 0.144 e. The Bertz CT molecular complexity index is 509. The molecule has 5 heteroatoms. The molecule has 0 bridgehead atoms. The van der Waals surface area contributed by atoms with E-state index < -0.39 is 11.6 Å². The van der Waals surface area contributed by atoms with Crippen LogP contribution in [-0.2, 0) is 6.54 Å². The van der Waals surface area contributed by atoms with Crippen molar-refractivity contribution in [3.05, 3.63) is 33.8 Å². The minimum atomic E-state index is -0.485. The van der Waals surface area contributed by atoms with E-state index in [4.69, 9.17) is 0 Å². The summed E-state index contributed by atoms with van der Waals surface area (Å²) in [5.74, 6) is -0.955. The molecule has 1 heterocycles. The summed E-state index contributed by atoms with van der Waals surface area (Å²) in [5, 5.41) is 3.56. The van der Waals surface area contributed by atoms with Gasteiger partial charge in [0.2, 0.25) is 0 Å². The van der Waals surface area contributed by atoms with Crippen molar-refractivity contribution in [3.8, 4) is 0 Å². The summed E-state index contributed by atoms with van der Waals surface area (Å²) in [7, 11) is 0. The number of hydrogen-bond donors (Lipinski definition) is 1. The van der Waals surface area contributed by atoms with E-state index in [1.807, 2.05) is 0 Å². The van der Waals surface area contributed by atoms with E-state index in [2.05, 4.69) is 46.9 Å². The molecule has 1 fully saturated rings. The predicted molar refractivity (Wildman–Crippen MR) is 85.2 cm³/mol. The number of benzene rings is 1. The molecule has 2 rings (SSSR count). The molecule has 1 aromatic rings. The highest BCUT2D eigenvalue weighted by Crippen LogP contribution is 2.27. The number of rotatable bonds is 4. The molecular weight excluding hydrogens is 338 g/mol. The first-order valence-corrected chi connectivity index (χ1v) is 8.31. The number of nitrogens with zero attached hydrogens (tertiary/aromatic N) is 1. The summed E-state index contributed by atoms with van der Waals surface area (Å²) in [5.41, 5.74) is 0.160. The fraction of sp³-hybridized carbons (Fsp3) is 0.625. The summed E-state index contributed by atoms with van der Waals surface area (Å²) >= 11 is 3.14. The minimum Gasteiger partial charge on any atom is -0.309 e. The van der Waals surface area contributed by atoms with Crippen molar-refractivity contribution in [1.82, 2.24) is 10.2 Å². The average Bonchev–Trinajstić information content (AvgIpc) is 2.48. The first-order chi connectivity index (χ1) is 9.90. The topological polar surface area (TPSA) is 15.3 Å². The van der Waals surface area contributed by atoms with Crippen LogP contribution in [0.2, 0.25) is 0 Å². The van der Waals surface area contributed by atoms with E-state index in [-0.39, 0.29) is 11.1 Å². The molecule has 2 nitrogen and oxygen atoms in total. The van der Waals surface area contributed by atoms with Crippen LogP contribution in [0.3, 0.4) is 0 Å². The van der Waals surface area contributed by atoms with Gasteiger partial charge in [0.1, 0.15) is 11.6 Å². The molecule has 0 spiro atoms. The van der Waals surface area contributed by atoms with Gasteiger partial charge in [-0.25, -0.2) is 8.78 Å². The highest BCUT2D eigenvalue weighted by molar-refractivity contribution is 9.10. The van der Waals surface area contributed by atoms with Gasteiger partial charge in [0.25, 0.3) is 0 Å². The summed E-state index contributed by atoms with van der Waals surface area (Å²) < 4.78 is 28.5. The van der Waals surface area contributed by atoms with Gasteiger partial charge in [-0.15, -0.1) is 0 Å². The molecule has 1 saturated heterocycles. The molecule has 0 aliphatic carbocycles. The van der Waals surface area contributed by atoms with E-state index in [1.165, 1.54) is 12.1 Å². The van der Waals surface area contributed by atoms with Crippen molar-refractivity contribution in [3.63, 3.8) is 0 Å². The van der Waals surface area contributed by atoms with Crippen LogP contribution in [-0.4, -0.2) is 29.6 Å². The number of halogens is 3. The second-order valence-electron chi connectivity index (χ2n) is 6.08. The van der Waals surface area contributed by atoms with Gasteiger partial charge in [0, 0.05) is 36.8 Å². The van der Waals surface area contributed by atoms with E-state index in [0.717, 1.165) is 25.9 Å². The largest absolute Gasteiger partial charge is 0.309 e. The van der Waals surface area contributed by atoms with E-state index >= 15 is 0 Å². The quantitative estimate of drug-likeness (QED) is 0.813. The standard InChI is InChI=1S/C16H23BrF2N2/c1-4-11-8-20-16(3,5-2)10-21(11)9-12-14(18)7-6-13(17)15(12)19/h6-7,11,20H,4-5,8-10H2,1-3H3. The Kier molecular flexibility index (Phi) is 5.38. The molecule has 0 amide bonds. The molecule has 1 aliphatic heterocycles. The highest BCUT2D eigenvalue weighted by atomic mass is 79.9. The molecule has 1 aliphatic rings. The smallest absolute Gasteiger partial charge is 0.144 e. The van der Waals surface area contributed by atoms with Gasteiger partial charge in [0.05, 0.1) is 4.47 Å². The zero-order chi connectivity index (χ0) is 15.6. The van der Waals surface area contributed by atoms with Crippen molar-refractivity contribution in [2.24, 2.45) is 0 Å². The van der Waals surface area contributed by atoms with Crippen LogP contribution in [0.25, 0.3) is 0 Å². The van der Waals surface area contributed by atoms with Crippen molar-refractivity contribution in [1.29, 1.82) is 0 Å². The molecule has 2 atom stereocenters. The van der Waals surface area contributed by atoms with Gasteiger partial charge in [-0.2, -0.15) is 0 Å². The van der Waals surface area contributed by atoms with Gasteiger partial charge in [-0.3, -0.25) is 4.90 Å². The van der Waals surface area contributed by atoms with Crippen LogP contribution in [0.4, 0.5) is 8.78 Å². The average molecular weight is 361 g/mol. The molecule has 118 valence electrons. The maximum atomic E-state index is 14.2. The lowest BCUT2D eigenvalue weighted by molar-refractivity contribution is 0.0734. The van der Waals surface area contributed by atoms with Gasteiger partial charge in [-0.1, -0.05) is 13.8 Å². The Balaban J connectivity index is 2.25. The lowest BCUT2D eigenvalue weighted by Crippen LogP contribution is -2.62. The van der Waals surface area contributed by atoms with Crippen LogP contribution < -0.4 is 5.32 Å². The summed E-state index contributed by atoms with van der Waals surface area (Å²) in [6.07, 6.45) is 1.95.